The molecule has 0 aliphatic rings. The monoisotopic (exact) mass is 329 g/mol. The highest BCUT2D eigenvalue weighted by molar-refractivity contribution is 7.99. The Morgan fingerprint density at radius 1 is 1.30 bits per heavy atom. The molecule has 1 amide bonds. The number of benzene rings is 1. The number of rotatable bonds is 6. The van der Waals surface area contributed by atoms with Crippen LogP contribution in [0.4, 0.5) is 0 Å². The summed E-state index contributed by atoms with van der Waals surface area (Å²) >= 11 is 1.38. The molecule has 0 aliphatic carbocycles. The maximum atomic E-state index is 11.9. The predicted molar refractivity (Wildman–Crippen MR) is 91.7 cm³/mol. The van der Waals surface area contributed by atoms with Gasteiger partial charge in [0.2, 0.25) is 5.91 Å². The minimum atomic E-state index is 0.0170. The molecule has 120 valence electrons. The van der Waals surface area contributed by atoms with Gasteiger partial charge in [-0.15, -0.1) is 5.10 Å². The molecule has 6 nitrogen and oxygen atoms in total. The summed E-state index contributed by atoms with van der Waals surface area (Å²) in [6.07, 6.45) is 2.07. The van der Waals surface area contributed by atoms with Crippen molar-refractivity contribution >= 4 is 34.2 Å². The zero-order chi connectivity index (χ0) is 16.2. The first-order valence-corrected chi connectivity index (χ1v) is 8.69. The summed E-state index contributed by atoms with van der Waals surface area (Å²) in [6, 6.07) is 7.84. The van der Waals surface area contributed by atoms with Crippen LogP contribution in [-0.2, 0) is 4.79 Å². The van der Waals surface area contributed by atoms with Crippen LogP contribution in [0.15, 0.2) is 29.4 Å². The highest BCUT2D eigenvalue weighted by atomic mass is 32.2. The number of fused-ring (bicyclic) bond motifs is 3. The molecular formula is C16H19N5OS. The molecule has 3 rings (SSSR count). The minimum Gasteiger partial charge on any atom is -0.355 e. The van der Waals surface area contributed by atoms with Gasteiger partial charge in [0.1, 0.15) is 5.82 Å². The lowest BCUT2D eigenvalue weighted by Gasteiger charge is -2.06. The largest absolute Gasteiger partial charge is 0.355 e. The van der Waals surface area contributed by atoms with E-state index >= 15 is 0 Å². The number of thioether (sulfide) groups is 1. The first kappa shape index (κ1) is 15.7. The second-order valence-corrected chi connectivity index (χ2v) is 6.24. The number of unbranched alkanes of at least 4 members (excludes halogenated alkanes) is 1. The normalized spacial score (nSPS) is 11.2. The number of carbonyl (C=O) groups is 1. The number of aromatic nitrogens is 4. The van der Waals surface area contributed by atoms with Crippen LogP contribution in [0.2, 0.25) is 0 Å². The average Bonchev–Trinajstić information content (AvgIpc) is 2.95. The fourth-order valence-electron chi connectivity index (χ4n) is 2.31. The van der Waals surface area contributed by atoms with Crippen LogP contribution in [0.25, 0.3) is 16.6 Å². The molecule has 0 aliphatic heterocycles. The molecule has 0 unspecified atom stereocenters. The molecule has 2 aromatic heterocycles. The van der Waals surface area contributed by atoms with E-state index in [4.69, 9.17) is 0 Å². The summed E-state index contributed by atoms with van der Waals surface area (Å²) in [5.74, 6) is 1.03. The molecule has 23 heavy (non-hydrogen) atoms. The summed E-state index contributed by atoms with van der Waals surface area (Å²) in [7, 11) is 0. The van der Waals surface area contributed by atoms with Gasteiger partial charge in [-0.05, 0) is 25.5 Å². The van der Waals surface area contributed by atoms with Crippen molar-refractivity contribution in [2.45, 2.75) is 31.8 Å². The summed E-state index contributed by atoms with van der Waals surface area (Å²) in [5, 5.41) is 8.97. The number of hydrogen-bond donors (Lipinski definition) is 1. The number of nitrogens with zero attached hydrogens (tertiary/aromatic N) is 4. The number of aryl methyl sites for hydroxylation is 1. The Kier molecular flexibility index (Phi) is 4.76. The van der Waals surface area contributed by atoms with Gasteiger partial charge >= 0.3 is 0 Å². The first-order chi connectivity index (χ1) is 11.2. The van der Waals surface area contributed by atoms with Crippen molar-refractivity contribution < 1.29 is 4.79 Å². The van der Waals surface area contributed by atoms with Crippen molar-refractivity contribution in [2.75, 3.05) is 12.3 Å². The van der Waals surface area contributed by atoms with Crippen LogP contribution in [0.1, 0.15) is 25.6 Å². The zero-order valence-electron chi connectivity index (χ0n) is 13.2. The smallest absolute Gasteiger partial charge is 0.230 e. The second kappa shape index (κ2) is 6.95. The topological polar surface area (TPSA) is 72.2 Å². The van der Waals surface area contributed by atoms with Crippen LogP contribution >= 0.6 is 11.8 Å². The maximum absolute atomic E-state index is 11.9. The summed E-state index contributed by atoms with van der Waals surface area (Å²) < 4.78 is 1.72. The van der Waals surface area contributed by atoms with E-state index in [-0.39, 0.29) is 5.91 Å². The van der Waals surface area contributed by atoms with Crippen molar-refractivity contribution in [3.05, 3.63) is 30.1 Å². The lowest BCUT2D eigenvalue weighted by atomic mass is 10.2. The van der Waals surface area contributed by atoms with E-state index in [0.717, 1.165) is 35.9 Å². The highest BCUT2D eigenvalue weighted by Crippen LogP contribution is 2.23. The lowest BCUT2D eigenvalue weighted by Crippen LogP contribution is -2.26. The number of nitrogens with one attached hydrogen (secondary N) is 1. The molecule has 0 atom stereocenters. The van der Waals surface area contributed by atoms with Gasteiger partial charge in [-0.1, -0.05) is 37.2 Å². The van der Waals surface area contributed by atoms with Crippen LogP contribution < -0.4 is 5.32 Å². The molecule has 0 spiro atoms. The summed E-state index contributed by atoms with van der Waals surface area (Å²) in [6.45, 7) is 4.68. The molecule has 0 saturated carbocycles. The minimum absolute atomic E-state index is 0.0170. The number of hydrogen-bond acceptors (Lipinski definition) is 5. The molecule has 0 fully saturated rings. The van der Waals surface area contributed by atoms with Gasteiger partial charge in [0.15, 0.2) is 10.8 Å². The zero-order valence-corrected chi connectivity index (χ0v) is 14.1. The molecule has 3 aromatic rings. The molecular weight excluding hydrogens is 310 g/mol. The van der Waals surface area contributed by atoms with E-state index in [1.807, 2.05) is 31.2 Å². The number of para-hydroxylation sites is 1. The van der Waals surface area contributed by atoms with E-state index in [2.05, 4.69) is 27.3 Å². The molecule has 1 N–H and O–H groups in total. The Hall–Kier alpha value is -2.15. The molecule has 2 heterocycles. The average molecular weight is 329 g/mol. The Morgan fingerprint density at radius 2 is 2.13 bits per heavy atom. The van der Waals surface area contributed by atoms with Crippen LogP contribution in [0, 0.1) is 6.92 Å². The van der Waals surface area contributed by atoms with Gasteiger partial charge in [0, 0.05) is 11.9 Å². The Bertz CT molecular complexity index is 845. The third-order valence-electron chi connectivity index (χ3n) is 3.44. The van der Waals surface area contributed by atoms with E-state index in [1.165, 1.54) is 11.8 Å². The SMILES string of the molecule is CCCCNC(=O)CSc1nc2ccccc2c2nc(C)nn12. The molecule has 7 heteroatoms. The molecule has 0 bridgehead atoms. The van der Waals surface area contributed by atoms with E-state index in [1.54, 1.807) is 4.52 Å². The van der Waals surface area contributed by atoms with Crippen molar-refractivity contribution in [1.82, 2.24) is 24.9 Å². The summed E-state index contributed by atoms with van der Waals surface area (Å²) in [4.78, 5) is 21.0. The van der Waals surface area contributed by atoms with E-state index in [0.29, 0.717) is 16.7 Å². The Morgan fingerprint density at radius 3 is 2.96 bits per heavy atom. The Balaban J connectivity index is 1.86. The molecule has 0 saturated heterocycles. The Labute approximate surface area is 138 Å². The van der Waals surface area contributed by atoms with Gasteiger partial charge in [0.05, 0.1) is 11.3 Å². The van der Waals surface area contributed by atoms with Gasteiger partial charge in [0.25, 0.3) is 0 Å². The van der Waals surface area contributed by atoms with Crippen molar-refractivity contribution in [2.24, 2.45) is 0 Å². The lowest BCUT2D eigenvalue weighted by molar-refractivity contribution is -0.118. The highest BCUT2D eigenvalue weighted by Gasteiger charge is 2.13. The van der Waals surface area contributed by atoms with Crippen molar-refractivity contribution in [3.63, 3.8) is 0 Å². The van der Waals surface area contributed by atoms with Gasteiger partial charge in [-0.3, -0.25) is 4.79 Å². The second-order valence-electron chi connectivity index (χ2n) is 5.30. The van der Waals surface area contributed by atoms with Gasteiger partial charge in [-0.2, -0.15) is 4.52 Å². The third-order valence-corrected chi connectivity index (χ3v) is 4.37. The standard InChI is InChI=1S/C16H19N5OS/c1-3-4-9-17-14(22)10-23-16-19-13-8-6-5-7-12(13)15-18-11(2)20-21(15)16/h5-8H,3-4,9-10H2,1-2H3,(H,17,22). The number of amides is 1. The molecule has 0 radical (unpaired) electrons. The van der Waals surface area contributed by atoms with Crippen LogP contribution in [0.3, 0.4) is 0 Å². The van der Waals surface area contributed by atoms with E-state index in [9.17, 15) is 4.79 Å². The predicted octanol–water partition coefficient (Wildman–Crippen LogP) is 2.59. The van der Waals surface area contributed by atoms with Gasteiger partial charge in [-0.25, -0.2) is 9.97 Å². The first-order valence-electron chi connectivity index (χ1n) is 7.70. The van der Waals surface area contributed by atoms with Crippen LogP contribution in [-0.4, -0.2) is 37.8 Å². The fourth-order valence-corrected chi connectivity index (χ4v) is 3.09. The molecule has 1 aromatic carbocycles. The quantitative estimate of drug-likeness (QED) is 0.427. The maximum Gasteiger partial charge on any atom is 0.230 e. The van der Waals surface area contributed by atoms with Crippen molar-refractivity contribution in [3.8, 4) is 0 Å². The van der Waals surface area contributed by atoms with Gasteiger partial charge < -0.3 is 5.32 Å². The third kappa shape index (κ3) is 3.44. The summed E-state index contributed by atoms with van der Waals surface area (Å²) in [5.41, 5.74) is 1.64. The van der Waals surface area contributed by atoms with E-state index < -0.39 is 0 Å². The van der Waals surface area contributed by atoms with Crippen molar-refractivity contribution in [1.29, 1.82) is 0 Å². The number of carbonyl (C=O) groups excluding carboxylic acids is 1. The fraction of sp³-hybridized carbons (Fsp3) is 0.375. The van der Waals surface area contributed by atoms with Crippen LogP contribution in [0.5, 0.6) is 0 Å².